The zero-order valence-electron chi connectivity index (χ0n) is 17.5. The monoisotopic (exact) mass is 453 g/mol. The second-order valence-electron chi connectivity index (χ2n) is 7.46. The molecule has 0 aliphatic carbocycles. The number of rotatable bonds is 7. The number of hydrogen-bond acceptors (Lipinski definition) is 5. The van der Waals surface area contributed by atoms with E-state index in [1.54, 1.807) is 47.7 Å². The summed E-state index contributed by atoms with van der Waals surface area (Å²) in [5.41, 5.74) is 0.503. The van der Waals surface area contributed by atoms with Crippen molar-refractivity contribution in [1.82, 2.24) is 9.80 Å². The molecule has 2 aromatic carbocycles. The van der Waals surface area contributed by atoms with E-state index >= 15 is 0 Å². The molecular formula is C24H24FN3O3S. The van der Waals surface area contributed by atoms with Crippen molar-refractivity contribution in [1.29, 1.82) is 0 Å². The number of anilines is 1. The van der Waals surface area contributed by atoms with E-state index in [4.69, 9.17) is 4.74 Å². The molecule has 1 fully saturated rings. The van der Waals surface area contributed by atoms with Crippen LogP contribution in [-0.2, 0) is 11.3 Å². The zero-order chi connectivity index (χ0) is 22.3. The van der Waals surface area contributed by atoms with Crippen LogP contribution in [0.15, 0.2) is 66.0 Å². The minimum Gasteiger partial charge on any atom is -0.483 e. The molecule has 32 heavy (non-hydrogen) atoms. The molecular weight excluding hydrogens is 429 g/mol. The van der Waals surface area contributed by atoms with E-state index in [-0.39, 0.29) is 18.2 Å². The van der Waals surface area contributed by atoms with Crippen LogP contribution in [-0.4, -0.2) is 54.4 Å². The molecule has 1 aromatic heterocycles. The number of carbonyl (C=O) groups excluding carboxylic acids is 2. The Morgan fingerprint density at radius 3 is 2.47 bits per heavy atom. The number of halogens is 1. The fraction of sp³-hybridized carbons (Fsp3) is 0.250. The summed E-state index contributed by atoms with van der Waals surface area (Å²) in [6.45, 7) is 3.44. The smallest absolute Gasteiger partial charge is 0.262 e. The predicted molar refractivity (Wildman–Crippen MR) is 122 cm³/mol. The summed E-state index contributed by atoms with van der Waals surface area (Å²) in [5.74, 6) is -0.803. The van der Waals surface area contributed by atoms with Crippen molar-refractivity contribution in [3.8, 4) is 5.75 Å². The standard InChI is InChI=1S/C24H24FN3O3S/c25-20-8-2-3-9-21(20)26-23(29)17-31-22-10-4-1-7-19(22)24(30)28-13-11-27(12-14-28)16-18-6-5-15-32-18/h1-10,15H,11-14,16-17H2,(H,26,29). The average Bonchev–Trinajstić information content (AvgIpc) is 3.32. The lowest BCUT2D eigenvalue weighted by Crippen LogP contribution is -2.48. The normalized spacial score (nSPS) is 14.2. The van der Waals surface area contributed by atoms with Gasteiger partial charge in [0.05, 0.1) is 11.3 Å². The van der Waals surface area contributed by atoms with Gasteiger partial charge in [-0.05, 0) is 35.7 Å². The predicted octanol–water partition coefficient (Wildman–Crippen LogP) is 3.86. The molecule has 0 saturated carbocycles. The van der Waals surface area contributed by atoms with Crippen molar-refractivity contribution in [3.63, 3.8) is 0 Å². The molecule has 0 spiro atoms. The van der Waals surface area contributed by atoms with E-state index in [0.29, 0.717) is 24.4 Å². The molecule has 1 aliphatic rings. The number of piperazine rings is 1. The summed E-state index contributed by atoms with van der Waals surface area (Å²) < 4.78 is 19.3. The molecule has 6 nitrogen and oxygen atoms in total. The maximum absolute atomic E-state index is 13.7. The largest absolute Gasteiger partial charge is 0.483 e. The average molecular weight is 454 g/mol. The van der Waals surface area contributed by atoms with Crippen molar-refractivity contribution in [3.05, 3.63) is 82.3 Å². The van der Waals surface area contributed by atoms with E-state index in [2.05, 4.69) is 21.7 Å². The van der Waals surface area contributed by atoms with Gasteiger partial charge in [-0.2, -0.15) is 0 Å². The molecule has 3 aromatic rings. The molecule has 4 rings (SSSR count). The Kier molecular flexibility index (Phi) is 7.14. The first-order valence-electron chi connectivity index (χ1n) is 10.4. The highest BCUT2D eigenvalue weighted by atomic mass is 32.1. The lowest BCUT2D eigenvalue weighted by Gasteiger charge is -2.34. The van der Waals surface area contributed by atoms with Crippen LogP contribution < -0.4 is 10.1 Å². The number of benzene rings is 2. The summed E-state index contributed by atoms with van der Waals surface area (Å²) >= 11 is 1.74. The van der Waals surface area contributed by atoms with Crippen LogP contribution in [0.3, 0.4) is 0 Å². The highest BCUT2D eigenvalue weighted by Crippen LogP contribution is 2.22. The Balaban J connectivity index is 1.33. The van der Waals surface area contributed by atoms with Crippen LogP contribution in [0.1, 0.15) is 15.2 Å². The number of carbonyl (C=O) groups is 2. The first kappa shape index (κ1) is 22.0. The number of para-hydroxylation sites is 2. The molecule has 1 N–H and O–H groups in total. The molecule has 1 aliphatic heterocycles. The van der Waals surface area contributed by atoms with Crippen molar-refractivity contribution in [2.45, 2.75) is 6.54 Å². The van der Waals surface area contributed by atoms with Gasteiger partial charge in [-0.1, -0.05) is 30.3 Å². The van der Waals surface area contributed by atoms with Gasteiger partial charge in [-0.15, -0.1) is 11.3 Å². The Morgan fingerprint density at radius 1 is 0.969 bits per heavy atom. The van der Waals surface area contributed by atoms with E-state index in [0.717, 1.165) is 19.6 Å². The topological polar surface area (TPSA) is 61.9 Å². The summed E-state index contributed by atoms with van der Waals surface area (Å²) in [5, 5.41) is 4.55. The molecule has 1 saturated heterocycles. The van der Waals surface area contributed by atoms with Gasteiger partial charge in [-0.25, -0.2) is 4.39 Å². The van der Waals surface area contributed by atoms with Gasteiger partial charge in [0.1, 0.15) is 11.6 Å². The lowest BCUT2D eigenvalue weighted by molar-refractivity contribution is -0.118. The van der Waals surface area contributed by atoms with Crippen molar-refractivity contribution >= 4 is 28.8 Å². The van der Waals surface area contributed by atoms with E-state index in [1.807, 2.05) is 11.0 Å². The molecule has 2 amide bonds. The van der Waals surface area contributed by atoms with Crippen LogP contribution in [0.4, 0.5) is 10.1 Å². The Labute approximate surface area is 190 Å². The first-order chi connectivity index (χ1) is 15.6. The van der Waals surface area contributed by atoms with Crippen molar-refractivity contribution in [2.24, 2.45) is 0 Å². The van der Waals surface area contributed by atoms with Crippen LogP contribution in [0.5, 0.6) is 5.75 Å². The van der Waals surface area contributed by atoms with Gasteiger partial charge in [0.15, 0.2) is 6.61 Å². The SMILES string of the molecule is O=C(COc1ccccc1C(=O)N1CCN(Cc2cccs2)CC1)Nc1ccccc1F. The number of hydrogen-bond donors (Lipinski definition) is 1. The molecule has 0 atom stereocenters. The molecule has 0 bridgehead atoms. The molecule has 8 heteroatoms. The molecule has 0 radical (unpaired) electrons. The van der Waals surface area contributed by atoms with Gasteiger partial charge in [0.25, 0.3) is 11.8 Å². The van der Waals surface area contributed by atoms with Gasteiger partial charge < -0.3 is 15.0 Å². The number of thiophene rings is 1. The van der Waals surface area contributed by atoms with Crippen molar-refractivity contribution < 1.29 is 18.7 Å². The van der Waals surface area contributed by atoms with Crippen molar-refractivity contribution in [2.75, 3.05) is 38.1 Å². The Hall–Kier alpha value is -3.23. The number of nitrogens with zero attached hydrogens (tertiary/aromatic N) is 2. The fourth-order valence-corrected chi connectivity index (χ4v) is 4.31. The highest BCUT2D eigenvalue weighted by Gasteiger charge is 2.24. The summed E-state index contributed by atoms with van der Waals surface area (Å²) in [7, 11) is 0. The quantitative estimate of drug-likeness (QED) is 0.590. The molecule has 0 unspecified atom stereocenters. The summed E-state index contributed by atoms with van der Waals surface area (Å²) in [4.78, 5) is 30.8. The molecule has 166 valence electrons. The van der Waals surface area contributed by atoms with Crippen LogP contribution in [0.25, 0.3) is 0 Å². The second-order valence-corrected chi connectivity index (χ2v) is 8.49. The third kappa shape index (κ3) is 5.52. The minimum atomic E-state index is -0.519. The number of amides is 2. The second kappa shape index (κ2) is 10.4. The fourth-order valence-electron chi connectivity index (χ4n) is 3.56. The number of ether oxygens (including phenoxy) is 1. The summed E-state index contributed by atoms with van der Waals surface area (Å²) in [6.07, 6.45) is 0. The van der Waals surface area contributed by atoms with Crippen LogP contribution in [0, 0.1) is 5.82 Å². The van der Waals surface area contributed by atoms with Gasteiger partial charge in [-0.3, -0.25) is 14.5 Å². The Morgan fingerprint density at radius 2 is 1.72 bits per heavy atom. The third-order valence-corrected chi connectivity index (χ3v) is 6.10. The van der Waals surface area contributed by atoms with E-state index < -0.39 is 11.7 Å². The van der Waals surface area contributed by atoms with Crippen LogP contribution >= 0.6 is 11.3 Å². The highest BCUT2D eigenvalue weighted by molar-refractivity contribution is 7.09. The maximum atomic E-state index is 13.7. The van der Waals surface area contributed by atoms with Gasteiger partial charge in [0.2, 0.25) is 0 Å². The van der Waals surface area contributed by atoms with Gasteiger partial charge in [0, 0.05) is 37.6 Å². The zero-order valence-corrected chi connectivity index (χ0v) is 18.3. The Bertz CT molecular complexity index is 1070. The minimum absolute atomic E-state index is 0.0888. The third-order valence-electron chi connectivity index (χ3n) is 5.24. The first-order valence-corrected chi connectivity index (χ1v) is 11.3. The summed E-state index contributed by atoms with van der Waals surface area (Å²) in [6, 6.07) is 17.0. The van der Waals surface area contributed by atoms with Crippen LogP contribution in [0.2, 0.25) is 0 Å². The maximum Gasteiger partial charge on any atom is 0.262 e. The van der Waals surface area contributed by atoms with E-state index in [1.165, 1.54) is 17.0 Å². The van der Waals surface area contributed by atoms with E-state index in [9.17, 15) is 14.0 Å². The van der Waals surface area contributed by atoms with Gasteiger partial charge >= 0.3 is 0 Å². The lowest BCUT2D eigenvalue weighted by atomic mass is 10.1. The molecule has 2 heterocycles. The number of nitrogens with one attached hydrogen (secondary N) is 1.